The van der Waals surface area contributed by atoms with Crippen molar-refractivity contribution in [2.75, 3.05) is 5.32 Å². The van der Waals surface area contributed by atoms with Crippen LogP contribution in [0.2, 0.25) is 0 Å². The van der Waals surface area contributed by atoms with Crippen molar-refractivity contribution in [1.29, 1.82) is 0 Å². The van der Waals surface area contributed by atoms with Crippen molar-refractivity contribution in [3.63, 3.8) is 0 Å². The van der Waals surface area contributed by atoms with Gasteiger partial charge in [-0.05, 0) is 24.3 Å². The Bertz CT molecular complexity index is 864. The van der Waals surface area contributed by atoms with E-state index in [9.17, 15) is 0 Å². The number of benzene rings is 1. The Morgan fingerprint density at radius 3 is 2.86 bits per heavy atom. The lowest BCUT2D eigenvalue weighted by Crippen LogP contribution is -2.01. The van der Waals surface area contributed by atoms with Crippen LogP contribution < -0.4 is 5.32 Å². The average Bonchev–Trinajstić information content (AvgIpc) is 3.22. The molecule has 0 spiro atoms. The van der Waals surface area contributed by atoms with Crippen molar-refractivity contribution >= 4 is 16.8 Å². The first-order chi connectivity index (χ1) is 10.9. The second kappa shape index (κ2) is 5.37. The topological polar surface area (TPSA) is 64.1 Å². The Morgan fingerprint density at radius 2 is 2.00 bits per heavy atom. The predicted molar refractivity (Wildman–Crippen MR) is 83.3 cm³/mol. The second-order valence-corrected chi connectivity index (χ2v) is 4.87. The molecule has 22 heavy (non-hydrogen) atoms. The zero-order valence-electron chi connectivity index (χ0n) is 11.7. The third kappa shape index (κ3) is 2.44. The molecule has 0 aliphatic heterocycles. The van der Waals surface area contributed by atoms with Gasteiger partial charge in [-0.15, -0.1) is 0 Å². The number of hydrogen-bond donors (Lipinski definition) is 1. The van der Waals surface area contributed by atoms with Crippen LogP contribution in [0.3, 0.4) is 0 Å². The maximum absolute atomic E-state index is 5.81. The number of nitrogens with one attached hydrogen (secondary N) is 1. The minimum absolute atomic E-state index is 0.561. The lowest BCUT2D eigenvalue weighted by Gasteiger charge is -2.04. The number of furan rings is 2. The molecule has 0 saturated heterocycles. The number of para-hydroxylation sites is 1. The molecule has 0 saturated carbocycles. The van der Waals surface area contributed by atoms with Gasteiger partial charge in [-0.25, -0.2) is 4.98 Å². The molecule has 1 aromatic carbocycles. The molecule has 5 heteroatoms. The molecule has 3 aromatic heterocycles. The Balaban J connectivity index is 1.60. The highest BCUT2D eigenvalue weighted by molar-refractivity contribution is 5.82. The monoisotopic (exact) mass is 291 g/mol. The van der Waals surface area contributed by atoms with E-state index in [0.717, 1.165) is 16.7 Å². The first-order valence-electron chi connectivity index (χ1n) is 6.96. The van der Waals surface area contributed by atoms with Crippen molar-refractivity contribution in [1.82, 2.24) is 9.97 Å². The summed E-state index contributed by atoms with van der Waals surface area (Å²) in [5.74, 6) is 2.22. The van der Waals surface area contributed by atoms with Gasteiger partial charge in [-0.2, -0.15) is 0 Å². The van der Waals surface area contributed by atoms with Gasteiger partial charge in [0, 0.05) is 5.39 Å². The number of aromatic nitrogens is 2. The Labute approximate surface area is 126 Å². The summed E-state index contributed by atoms with van der Waals surface area (Å²) in [6.07, 6.45) is 5.01. The standard InChI is InChI=1S/C17H13N3O2/c1-2-6-15-12(4-1)8-16(22-15)14-10-18-11-17(20-14)19-9-13-5-3-7-21-13/h1-8,10-11H,9H2,(H,19,20). The van der Waals surface area contributed by atoms with Gasteiger partial charge in [-0.1, -0.05) is 18.2 Å². The Hall–Kier alpha value is -3.08. The van der Waals surface area contributed by atoms with E-state index < -0.39 is 0 Å². The molecule has 108 valence electrons. The largest absolute Gasteiger partial charge is 0.467 e. The molecule has 0 atom stereocenters. The molecule has 1 N–H and O–H groups in total. The summed E-state index contributed by atoms with van der Waals surface area (Å²) in [6, 6.07) is 13.6. The van der Waals surface area contributed by atoms with Crippen LogP contribution in [-0.2, 0) is 6.54 Å². The van der Waals surface area contributed by atoms with Gasteiger partial charge in [0.05, 0.1) is 25.2 Å². The SMILES string of the molecule is c1coc(CNc2cncc(-c3cc4ccccc4o3)n2)c1. The fraction of sp³-hybridized carbons (Fsp3) is 0.0588. The summed E-state index contributed by atoms with van der Waals surface area (Å²) in [7, 11) is 0. The fourth-order valence-electron chi connectivity index (χ4n) is 2.27. The van der Waals surface area contributed by atoms with Crippen LogP contribution in [-0.4, -0.2) is 9.97 Å². The third-order valence-corrected chi connectivity index (χ3v) is 3.34. The number of nitrogens with zero attached hydrogens (tertiary/aromatic N) is 2. The van der Waals surface area contributed by atoms with Crippen molar-refractivity contribution in [3.05, 3.63) is 66.9 Å². The van der Waals surface area contributed by atoms with Gasteiger partial charge in [0.25, 0.3) is 0 Å². The van der Waals surface area contributed by atoms with Crippen molar-refractivity contribution in [2.45, 2.75) is 6.54 Å². The quantitative estimate of drug-likeness (QED) is 0.613. The van der Waals surface area contributed by atoms with Crippen molar-refractivity contribution < 1.29 is 8.83 Å². The summed E-state index contributed by atoms with van der Waals surface area (Å²) in [5.41, 5.74) is 1.54. The van der Waals surface area contributed by atoms with Crippen LogP contribution in [0.4, 0.5) is 5.82 Å². The van der Waals surface area contributed by atoms with Gasteiger partial charge in [0.2, 0.25) is 0 Å². The summed E-state index contributed by atoms with van der Waals surface area (Å²) in [6.45, 7) is 0.561. The molecule has 0 amide bonds. The highest BCUT2D eigenvalue weighted by Crippen LogP contribution is 2.26. The van der Waals surface area contributed by atoms with E-state index in [2.05, 4.69) is 15.3 Å². The molecule has 4 rings (SSSR count). The van der Waals surface area contributed by atoms with Gasteiger partial charge in [0.15, 0.2) is 5.76 Å². The Morgan fingerprint density at radius 1 is 1.05 bits per heavy atom. The molecular formula is C17H13N3O2. The molecule has 0 bridgehead atoms. The van der Waals surface area contributed by atoms with Crippen LogP contribution in [0.15, 0.2) is 70.0 Å². The minimum atomic E-state index is 0.561. The van der Waals surface area contributed by atoms with Gasteiger partial charge < -0.3 is 14.2 Å². The maximum atomic E-state index is 5.81. The van der Waals surface area contributed by atoms with E-state index in [1.165, 1.54) is 0 Å². The minimum Gasteiger partial charge on any atom is -0.467 e. The normalized spacial score (nSPS) is 10.9. The van der Waals surface area contributed by atoms with E-state index in [1.807, 2.05) is 42.5 Å². The van der Waals surface area contributed by atoms with Crippen molar-refractivity contribution in [2.24, 2.45) is 0 Å². The number of fused-ring (bicyclic) bond motifs is 1. The molecule has 0 aliphatic carbocycles. The molecule has 5 nitrogen and oxygen atoms in total. The zero-order valence-corrected chi connectivity index (χ0v) is 11.7. The molecule has 4 aromatic rings. The lowest BCUT2D eigenvalue weighted by atomic mass is 10.2. The van der Waals surface area contributed by atoms with E-state index >= 15 is 0 Å². The van der Waals surface area contributed by atoms with Crippen LogP contribution >= 0.6 is 0 Å². The van der Waals surface area contributed by atoms with E-state index in [0.29, 0.717) is 23.8 Å². The molecule has 0 fully saturated rings. The number of rotatable bonds is 4. The molecule has 0 radical (unpaired) electrons. The zero-order chi connectivity index (χ0) is 14.8. The van der Waals surface area contributed by atoms with E-state index in [-0.39, 0.29) is 0 Å². The maximum Gasteiger partial charge on any atom is 0.155 e. The van der Waals surface area contributed by atoms with Gasteiger partial charge in [-0.3, -0.25) is 4.98 Å². The van der Waals surface area contributed by atoms with Crippen LogP contribution in [0.5, 0.6) is 0 Å². The summed E-state index contributed by atoms with van der Waals surface area (Å²) in [5, 5.41) is 4.23. The number of anilines is 1. The summed E-state index contributed by atoms with van der Waals surface area (Å²) >= 11 is 0. The van der Waals surface area contributed by atoms with Crippen LogP contribution in [0.25, 0.3) is 22.4 Å². The third-order valence-electron chi connectivity index (χ3n) is 3.34. The highest BCUT2D eigenvalue weighted by atomic mass is 16.3. The molecule has 0 aliphatic rings. The van der Waals surface area contributed by atoms with E-state index in [4.69, 9.17) is 8.83 Å². The highest BCUT2D eigenvalue weighted by Gasteiger charge is 2.08. The smallest absolute Gasteiger partial charge is 0.155 e. The van der Waals surface area contributed by atoms with Crippen molar-refractivity contribution in [3.8, 4) is 11.5 Å². The van der Waals surface area contributed by atoms with Crippen LogP contribution in [0, 0.1) is 0 Å². The number of hydrogen-bond acceptors (Lipinski definition) is 5. The lowest BCUT2D eigenvalue weighted by molar-refractivity contribution is 0.518. The van der Waals surface area contributed by atoms with Gasteiger partial charge >= 0.3 is 0 Å². The predicted octanol–water partition coefficient (Wildman–Crippen LogP) is 4.09. The first-order valence-corrected chi connectivity index (χ1v) is 6.96. The second-order valence-electron chi connectivity index (χ2n) is 4.87. The fourth-order valence-corrected chi connectivity index (χ4v) is 2.27. The average molecular weight is 291 g/mol. The van der Waals surface area contributed by atoms with Crippen LogP contribution in [0.1, 0.15) is 5.76 Å². The molecule has 3 heterocycles. The summed E-state index contributed by atoms with van der Waals surface area (Å²) < 4.78 is 11.1. The van der Waals surface area contributed by atoms with Gasteiger partial charge in [0.1, 0.15) is 22.9 Å². The molecular weight excluding hydrogens is 278 g/mol. The summed E-state index contributed by atoms with van der Waals surface area (Å²) in [4.78, 5) is 8.74. The Kier molecular flexibility index (Phi) is 3.08. The first kappa shape index (κ1) is 12.6. The van der Waals surface area contributed by atoms with E-state index in [1.54, 1.807) is 18.7 Å². The molecule has 0 unspecified atom stereocenters.